The van der Waals surface area contributed by atoms with Gasteiger partial charge in [0.15, 0.2) is 0 Å². The maximum atomic E-state index is 10.4. The molecular formula is C7H8N2OS. The van der Waals surface area contributed by atoms with Crippen LogP contribution in [0.5, 0.6) is 0 Å². The number of rotatable bonds is 1. The van der Waals surface area contributed by atoms with Gasteiger partial charge in [0, 0.05) is 11.3 Å². The molecule has 0 aromatic rings. The number of hydrogen-bond donors (Lipinski definition) is 2. The molecule has 0 saturated heterocycles. The Labute approximate surface area is 70.0 Å². The van der Waals surface area contributed by atoms with Crippen molar-refractivity contribution in [3.63, 3.8) is 0 Å². The molecule has 0 radical (unpaired) electrons. The van der Waals surface area contributed by atoms with Crippen LogP contribution in [0.4, 0.5) is 4.79 Å². The van der Waals surface area contributed by atoms with E-state index in [1.165, 1.54) is 0 Å². The van der Waals surface area contributed by atoms with Gasteiger partial charge in [0.1, 0.15) is 0 Å². The quantitative estimate of drug-likeness (QED) is 0.571. The Morgan fingerprint density at radius 2 is 2.45 bits per heavy atom. The van der Waals surface area contributed by atoms with Crippen molar-refractivity contribution >= 4 is 23.1 Å². The average Bonchev–Trinajstić information content (AvgIpc) is 1.93. The monoisotopic (exact) mass is 168 g/mol. The molecule has 0 fully saturated rings. The fourth-order valence-electron chi connectivity index (χ4n) is 0.786. The van der Waals surface area contributed by atoms with Crippen LogP contribution in [0, 0.1) is 0 Å². The number of carbonyl (C=O) groups excluding carboxylic acids is 1. The normalized spacial score (nSPS) is 16.0. The number of urea groups is 1. The maximum Gasteiger partial charge on any atom is 0.316 e. The fourth-order valence-corrected chi connectivity index (χ4v) is 1.00. The zero-order chi connectivity index (χ0) is 8.27. The number of primary amides is 1. The molecule has 0 aromatic carbocycles. The number of allylic oxidation sites excluding steroid dienone is 4. The Morgan fingerprint density at radius 3 is 3.00 bits per heavy atom. The second-order valence-electron chi connectivity index (χ2n) is 2.13. The van der Waals surface area contributed by atoms with Crippen LogP contribution in [0.2, 0.25) is 0 Å². The molecule has 0 aromatic heterocycles. The summed E-state index contributed by atoms with van der Waals surface area (Å²) in [5, 5.41) is 2.44. The van der Waals surface area contributed by atoms with Crippen LogP contribution in [0.25, 0.3) is 0 Å². The van der Waals surface area contributed by atoms with E-state index in [0.717, 1.165) is 0 Å². The zero-order valence-electron chi connectivity index (χ0n) is 5.83. The predicted molar refractivity (Wildman–Crippen MR) is 47.2 cm³/mol. The third-order valence-corrected chi connectivity index (χ3v) is 1.65. The molecule has 58 valence electrons. The molecule has 3 nitrogen and oxygen atoms in total. The van der Waals surface area contributed by atoms with Crippen molar-refractivity contribution in [2.24, 2.45) is 5.73 Å². The molecule has 0 aliphatic heterocycles. The molecule has 1 rings (SSSR count). The first-order valence-electron chi connectivity index (χ1n) is 3.16. The summed E-state index contributed by atoms with van der Waals surface area (Å²) in [6.07, 6.45) is 6.19. The third-order valence-electron chi connectivity index (χ3n) is 1.26. The number of thiocarbonyl (C=S) groups is 1. The highest BCUT2D eigenvalue weighted by molar-refractivity contribution is 7.80. The lowest BCUT2D eigenvalue weighted by molar-refractivity contribution is 0.251. The van der Waals surface area contributed by atoms with Gasteiger partial charge in [0.05, 0.1) is 5.70 Å². The first-order chi connectivity index (χ1) is 5.20. The minimum atomic E-state index is -0.575. The number of hydrogen-bond acceptors (Lipinski definition) is 2. The summed E-state index contributed by atoms with van der Waals surface area (Å²) < 4.78 is 0. The Bertz CT molecular complexity index is 255. The second kappa shape index (κ2) is 3.30. The van der Waals surface area contributed by atoms with E-state index in [4.69, 9.17) is 18.0 Å². The molecule has 1 aliphatic rings. The zero-order valence-corrected chi connectivity index (χ0v) is 6.65. The summed E-state index contributed by atoms with van der Waals surface area (Å²) in [7, 11) is 0. The van der Waals surface area contributed by atoms with Gasteiger partial charge in [-0.3, -0.25) is 0 Å². The fraction of sp³-hybridized carbons (Fsp3) is 0.143. The third kappa shape index (κ3) is 2.16. The lowest BCUT2D eigenvalue weighted by atomic mass is 10.1. The van der Waals surface area contributed by atoms with Crippen molar-refractivity contribution in [1.29, 1.82) is 0 Å². The van der Waals surface area contributed by atoms with Crippen molar-refractivity contribution in [3.05, 3.63) is 23.9 Å². The van der Waals surface area contributed by atoms with Crippen molar-refractivity contribution in [2.45, 2.75) is 6.42 Å². The van der Waals surface area contributed by atoms with Gasteiger partial charge in [0.25, 0.3) is 0 Å². The molecule has 0 saturated carbocycles. The maximum absolute atomic E-state index is 10.4. The summed E-state index contributed by atoms with van der Waals surface area (Å²) in [6.45, 7) is 0. The molecule has 0 bridgehead atoms. The van der Waals surface area contributed by atoms with Gasteiger partial charge in [-0.05, 0) is 6.08 Å². The summed E-state index contributed by atoms with van der Waals surface area (Å²) >= 11 is 4.96. The van der Waals surface area contributed by atoms with Gasteiger partial charge in [0.2, 0.25) is 0 Å². The van der Waals surface area contributed by atoms with E-state index in [0.29, 0.717) is 17.0 Å². The Morgan fingerprint density at radius 1 is 1.73 bits per heavy atom. The van der Waals surface area contributed by atoms with Crippen LogP contribution in [-0.4, -0.2) is 10.9 Å². The van der Waals surface area contributed by atoms with Gasteiger partial charge in [-0.2, -0.15) is 0 Å². The number of nitrogens with two attached hydrogens (primary N) is 1. The van der Waals surface area contributed by atoms with Crippen LogP contribution in [0.15, 0.2) is 23.9 Å². The Balaban J connectivity index is 2.68. The van der Waals surface area contributed by atoms with E-state index in [9.17, 15) is 4.79 Å². The minimum Gasteiger partial charge on any atom is -0.351 e. The van der Waals surface area contributed by atoms with Gasteiger partial charge in [-0.15, -0.1) is 0 Å². The first-order valence-corrected chi connectivity index (χ1v) is 3.57. The van der Waals surface area contributed by atoms with E-state index < -0.39 is 6.03 Å². The molecule has 0 spiro atoms. The lowest BCUT2D eigenvalue weighted by Crippen LogP contribution is -2.31. The minimum absolute atomic E-state index is 0.575. The smallest absolute Gasteiger partial charge is 0.316 e. The molecule has 0 heterocycles. The average molecular weight is 168 g/mol. The summed E-state index contributed by atoms with van der Waals surface area (Å²) in [5.41, 5.74) is 5.55. The molecule has 11 heavy (non-hydrogen) atoms. The molecule has 2 amide bonds. The van der Waals surface area contributed by atoms with E-state index in [1.807, 2.05) is 12.2 Å². The van der Waals surface area contributed by atoms with E-state index in [1.54, 1.807) is 6.08 Å². The molecule has 0 unspecified atom stereocenters. The van der Waals surface area contributed by atoms with Crippen LogP contribution in [-0.2, 0) is 0 Å². The Hall–Kier alpha value is -1.16. The number of amides is 2. The van der Waals surface area contributed by atoms with Crippen molar-refractivity contribution < 1.29 is 4.79 Å². The summed E-state index contributed by atoms with van der Waals surface area (Å²) in [4.78, 5) is 11.1. The first kappa shape index (κ1) is 7.94. The summed E-state index contributed by atoms with van der Waals surface area (Å²) in [6, 6.07) is -0.575. The molecular weight excluding hydrogens is 160 g/mol. The van der Waals surface area contributed by atoms with Crippen molar-refractivity contribution in [3.8, 4) is 0 Å². The summed E-state index contributed by atoms with van der Waals surface area (Å²) in [5.74, 6) is 0. The van der Waals surface area contributed by atoms with Gasteiger partial charge < -0.3 is 11.1 Å². The number of carbonyl (C=O) groups is 1. The van der Waals surface area contributed by atoms with Crippen molar-refractivity contribution in [1.82, 2.24) is 5.32 Å². The van der Waals surface area contributed by atoms with Crippen LogP contribution >= 0.6 is 12.2 Å². The van der Waals surface area contributed by atoms with Crippen LogP contribution in [0.3, 0.4) is 0 Å². The van der Waals surface area contributed by atoms with Gasteiger partial charge in [-0.25, -0.2) is 4.79 Å². The molecule has 1 aliphatic carbocycles. The Kier molecular flexibility index (Phi) is 2.38. The topological polar surface area (TPSA) is 55.1 Å². The SMILES string of the molecule is NC(=O)NC1=CC=CCC1=S. The number of nitrogens with one attached hydrogen (secondary N) is 1. The van der Waals surface area contributed by atoms with E-state index in [-0.39, 0.29) is 0 Å². The highest BCUT2D eigenvalue weighted by Gasteiger charge is 2.06. The van der Waals surface area contributed by atoms with Gasteiger partial charge >= 0.3 is 6.03 Å². The van der Waals surface area contributed by atoms with Gasteiger partial charge in [-0.1, -0.05) is 24.4 Å². The highest BCUT2D eigenvalue weighted by atomic mass is 32.1. The highest BCUT2D eigenvalue weighted by Crippen LogP contribution is 2.06. The van der Waals surface area contributed by atoms with Crippen LogP contribution in [0.1, 0.15) is 6.42 Å². The molecule has 0 atom stereocenters. The van der Waals surface area contributed by atoms with Crippen LogP contribution < -0.4 is 11.1 Å². The van der Waals surface area contributed by atoms with Crippen molar-refractivity contribution in [2.75, 3.05) is 0 Å². The molecule has 4 heteroatoms. The second-order valence-corrected chi connectivity index (χ2v) is 2.62. The lowest BCUT2D eigenvalue weighted by Gasteiger charge is -2.09. The predicted octanol–water partition coefficient (Wildman–Crippen LogP) is 0.868. The molecule has 3 N–H and O–H groups in total. The standard InChI is InChI=1S/C7H8N2OS/c8-7(10)9-5-3-1-2-4-6(5)11/h1-3H,4H2,(H3,8,9,10). The van der Waals surface area contributed by atoms with E-state index in [2.05, 4.69) is 5.32 Å². The largest absolute Gasteiger partial charge is 0.351 e. The van der Waals surface area contributed by atoms with E-state index >= 15 is 0 Å².